The molecule has 1 heterocycles. The predicted molar refractivity (Wildman–Crippen MR) is 74.6 cm³/mol. The van der Waals surface area contributed by atoms with Crippen LogP contribution in [0.3, 0.4) is 0 Å². The third-order valence-electron chi connectivity index (χ3n) is 3.69. The molecule has 0 aliphatic carbocycles. The van der Waals surface area contributed by atoms with E-state index in [9.17, 15) is 0 Å². The number of hydrogen-bond donors (Lipinski definition) is 0. The normalized spacial score (nSPS) is 18.7. The first-order valence-electron chi connectivity index (χ1n) is 6.50. The highest BCUT2D eigenvalue weighted by molar-refractivity contribution is 6.21. The van der Waals surface area contributed by atoms with Crippen LogP contribution in [0.15, 0.2) is 12.1 Å². The lowest BCUT2D eigenvalue weighted by molar-refractivity contribution is 0.0650. The molecule has 1 unspecified atom stereocenters. The van der Waals surface area contributed by atoms with Crippen LogP contribution in [-0.4, -0.2) is 20.3 Å². The van der Waals surface area contributed by atoms with Crippen LogP contribution in [0, 0.1) is 19.8 Å². The van der Waals surface area contributed by atoms with Gasteiger partial charge in [-0.1, -0.05) is 12.1 Å². The van der Waals surface area contributed by atoms with E-state index in [1.54, 1.807) is 7.11 Å². The maximum absolute atomic E-state index is 6.63. The Bertz CT molecular complexity index is 388. The van der Waals surface area contributed by atoms with Crippen LogP contribution in [0.4, 0.5) is 0 Å². The molecule has 1 aliphatic heterocycles. The van der Waals surface area contributed by atoms with Gasteiger partial charge >= 0.3 is 0 Å². The van der Waals surface area contributed by atoms with Crippen LogP contribution in [0.2, 0.25) is 0 Å². The van der Waals surface area contributed by atoms with Crippen molar-refractivity contribution in [3.8, 4) is 5.75 Å². The van der Waals surface area contributed by atoms with Gasteiger partial charge in [0.05, 0.1) is 12.5 Å². The van der Waals surface area contributed by atoms with Gasteiger partial charge < -0.3 is 9.47 Å². The van der Waals surface area contributed by atoms with E-state index in [4.69, 9.17) is 21.1 Å². The van der Waals surface area contributed by atoms with Gasteiger partial charge in [-0.15, -0.1) is 11.6 Å². The number of halogens is 1. The SMILES string of the molecule is COc1c(C)cc(C(Cl)C2CCOCC2)cc1C. The number of benzene rings is 1. The molecule has 0 N–H and O–H groups in total. The average molecular weight is 269 g/mol. The number of methoxy groups -OCH3 is 1. The van der Waals surface area contributed by atoms with E-state index in [1.807, 2.05) is 0 Å². The highest BCUT2D eigenvalue weighted by Gasteiger charge is 2.24. The molecule has 1 fully saturated rings. The van der Waals surface area contributed by atoms with E-state index in [-0.39, 0.29) is 5.38 Å². The van der Waals surface area contributed by atoms with E-state index in [0.717, 1.165) is 42.9 Å². The van der Waals surface area contributed by atoms with Crippen molar-refractivity contribution >= 4 is 11.6 Å². The fraction of sp³-hybridized carbons (Fsp3) is 0.600. The molecule has 2 rings (SSSR count). The molecule has 1 aliphatic rings. The summed E-state index contributed by atoms with van der Waals surface area (Å²) in [7, 11) is 1.71. The quantitative estimate of drug-likeness (QED) is 0.771. The molecule has 0 bridgehead atoms. The maximum Gasteiger partial charge on any atom is 0.124 e. The molecule has 1 atom stereocenters. The fourth-order valence-corrected chi connectivity index (χ4v) is 3.12. The Morgan fingerprint density at radius 2 is 1.78 bits per heavy atom. The van der Waals surface area contributed by atoms with E-state index in [0.29, 0.717) is 5.92 Å². The molecule has 100 valence electrons. The van der Waals surface area contributed by atoms with Gasteiger partial charge in [0.1, 0.15) is 5.75 Å². The monoisotopic (exact) mass is 268 g/mol. The lowest BCUT2D eigenvalue weighted by Crippen LogP contribution is -2.19. The minimum Gasteiger partial charge on any atom is -0.496 e. The van der Waals surface area contributed by atoms with Crippen molar-refractivity contribution in [1.29, 1.82) is 0 Å². The van der Waals surface area contributed by atoms with Crippen LogP contribution in [0.5, 0.6) is 5.75 Å². The average Bonchev–Trinajstić information content (AvgIpc) is 2.38. The Morgan fingerprint density at radius 1 is 1.22 bits per heavy atom. The van der Waals surface area contributed by atoms with Crippen LogP contribution in [0.1, 0.15) is 34.9 Å². The Labute approximate surface area is 114 Å². The number of alkyl halides is 1. The highest BCUT2D eigenvalue weighted by Crippen LogP contribution is 2.38. The van der Waals surface area contributed by atoms with Crippen molar-refractivity contribution in [3.05, 3.63) is 28.8 Å². The van der Waals surface area contributed by atoms with E-state index in [1.165, 1.54) is 5.56 Å². The lowest BCUT2D eigenvalue weighted by Gasteiger charge is -2.27. The highest BCUT2D eigenvalue weighted by atomic mass is 35.5. The topological polar surface area (TPSA) is 18.5 Å². The van der Waals surface area contributed by atoms with Crippen LogP contribution in [0.25, 0.3) is 0 Å². The molecule has 1 aromatic carbocycles. The van der Waals surface area contributed by atoms with Gasteiger partial charge in [0, 0.05) is 13.2 Å². The summed E-state index contributed by atoms with van der Waals surface area (Å²) in [6.07, 6.45) is 2.11. The summed E-state index contributed by atoms with van der Waals surface area (Å²) in [6, 6.07) is 4.30. The Balaban J connectivity index is 2.22. The van der Waals surface area contributed by atoms with E-state index < -0.39 is 0 Å². The summed E-state index contributed by atoms with van der Waals surface area (Å²) in [5.74, 6) is 1.49. The summed E-state index contributed by atoms with van der Waals surface area (Å²) in [6.45, 7) is 5.82. The van der Waals surface area contributed by atoms with Crippen LogP contribution < -0.4 is 4.74 Å². The molecule has 0 aromatic heterocycles. The van der Waals surface area contributed by atoms with Crippen molar-refractivity contribution in [1.82, 2.24) is 0 Å². The first-order chi connectivity index (χ1) is 8.63. The predicted octanol–water partition coefficient (Wildman–Crippen LogP) is 4.02. The molecule has 0 saturated carbocycles. The second-order valence-corrected chi connectivity index (χ2v) is 5.51. The Hall–Kier alpha value is -0.730. The van der Waals surface area contributed by atoms with E-state index >= 15 is 0 Å². The maximum atomic E-state index is 6.63. The van der Waals surface area contributed by atoms with Gasteiger partial charge in [-0.05, 0) is 49.3 Å². The largest absolute Gasteiger partial charge is 0.496 e. The molecule has 0 spiro atoms. The zero-order valence-electron chi connectivity index (χ0n) is 11.3. The first-order valence-corrected chi connectivity index (χ1v) is 6.94. The third kappa shape index (κ3) is 2.81. The summed E-state index contributed by atoms with van der Waals surface area (Å²) in [5, 5.41) is 0.0807. The second-order valence-electron chi connectivity index (χ2n) is 5.04. The van der Waals surface area contributed by atoms with Crippen molar-refractivity contribution in [2.45, 2.75) is 32.1 Å². The first kappa shape index (κ1) is 13.7. The standard InChI is InChI=1S/C15H21ClO2/c1-10-8-13(9-11(2)15(10)17-3)14(16)12-4-6-18-7-5-12/h8-9,12,14H,4-7H2,1-3H3. The van der Waals surface area contributed by atoms with Gasteiger partial charge in [0.15, 0.2) is 0 Å². The zero-order valence-corrected chi connectivity index (χ0v) is 12.1. The second kappa shape index (κ2) is 5.94. The van der Waals surface area contributed by atoms with Gasteiger partial charge in [0.25, 0.3) is 0 Å². The molecule has 2 nitrogen and oxygen atoms in total. The number of ether oxygens (including phenoxy) is 2. The molecule has 0 amide bonds. The van der Waals surface area contributed by atoms with Crippen molar-refractivity contribution in [2.24, 2.45) is 5.92 Å². The van der Waals surface area contributed by atoms with Gasteiger partial charge in [-0.3, -0.25) is 0 Å². The Morgan fingerprint density at radius 3 is 2.28 bits per heavy atom. The molecule has 18 heavy (non-hydrogen) atoms. The van der Waals surface area contributed by atoms with Crippen molar-refractivity contribution in [3.63, 3.8) is 0 Å². The smallest absolute Gasteiger partial charge is 0.124 e. The lowest BCUT2D eigenvalue weighted by atomic mass is 9.90. The third-order valence-corrected chi connectivity index (χ3v) is 4.29. The van der Waals surface area contributed by atoms with Gasteiger partial charge in [0.2, 0.25) is 0 Å². The van der Waals surface area contributed by atoms with Gasteiger partial charge in [-0.25, -0.2) is 0 Å². The Kier molecular flexibility index (Phi) is 4.52. The summed E-state index contributed by atoms with van der Waals surface area (Å²) >= 11 is 6.63. The summed E-state index contributed by atoms with van der Waals surface area (Å²) in [4.78, 5) is 0. The minimum atomic E-state index is 0.0807. The van der Waals surface area contributed by atoms with Crippen LogP contribution >= 0.6 is 11.6 Å². The molecule has 0 radical (unpaired) electrons. The fourth-order valence-electron chi connectivity index (χ4n) is 2.75. The molecule has 3 heteroatoms. The molecule has 1 aromatic rings. The molecular weight excluding hydrogens is 248 g/mol. The molecule has 1 saturated heterocycles. The number of aryl methyl sites for hydroxylation is 2. The van der Waals surface area contributed by atoms with Gasteiger partial charge in [-0.2, -0.15) is 0 Å². The van der Waals surface area contributed by atoms with Crippen molar-refractivity contribution < 1.29 is 9.47 Å². The number of rotatable bonds is 3. The van der Waals surface area contributed by atoms with Crippen molar-refractivity contribution in [2.75, 3.05) is 20.3 Å². The minimum absolute atomic E-state index is 0.0807. The zero-order chi connectivity index (χ0) is 13.1. The summed E-state index contributed by atoms with van der Waals surface area (Å²) < 4.78 is 10.8. The molecular formula is C15H21ClO2. The summed E-state index contributed by atoms with van der Waals surface area (Å²) in [5.41, 5.74) is 3.52. The number of hydrogen-bond acceptors (Lipinski definition) is 2. The van der Waals surface area contributed by atoms with E-state index in [2.05, 4.69) is 26.0 Å². The van der Waals surface area contributed by atoms with Crippen LogP contribution in [-0.2, 0) is 4.74 Å².